The fraction of sp³-hybridized carbons (Fsp3) is 0.348. The van der Waals surface area contributed by atoms with Crippen LogP contribution in [0.1, 0.15) is 48.5 Å². The molecular formula is C23H25N3O3. The van der Waals surface area contributed by atoms with Crippen molar-refractivity contribution < 1.29 is 14.4 Å². The van der Waals surface area contributed by atoms with E-state index in [1.807, 2.05) is 24.3 Å². The number of nitrogens with one attached hydrogen (secondary N) is 1. The van der Waals surface area contributed by atoms with Crippen molar-refractivity contribution in [1.82, 2.24) is 4.90 Å². The summed E-state index contributed by atoms with van der Waals surface area (Å²) in [5.74, 6) is -0.197. The molecule has 0 unspecified atom stereocenters. The first-order valence-corrected chi connectivity index (χ1v) is 10.1. The van der Waals surface area contributed by atoms with Crippen molar-refractivity contribution >= 4 is 29.1 Å². The number of nitrogens with zero attached hydrogens (tertiary/aromatic N) is 2. The van der Waals surface area contributed by atoms with Crippen LogP contribution in [-0.2, 0) is 9.59 Å². The van der Waals surface area contributed by atoms with E-state index in [1.165, 1.54) is 10.5 Å². The Morgan fingerprint density at radius 2 is 1.83 bits per heavy atom. The van der Waals surface area contributed by atoms with Gasteiger partial charge in [-0.3, -0.25) is 14.4 Å². The van der Waals surface area contributed by atoms with Gasteiger partial charge in [-0.05, 0) is 48.6 Å². The van der Waals surface area contributed by atoms with Crippen LogP contribution in [0.15, 0.2) is 48.5 Å². The van der Waals surface area contributed by atoms with E-state index in [2.05, 4.69) is 19.2 Å². The van der Waals surface area contributed by atoms with Gasteiger partial charge in [0.25, 0.3) is 5.91 Å². The van der Waals surface area contributed by atoms with Gasteiger partial charge in [0, 0.05) is 12.2 Å². The molecule has 3 amide bonds. The van der Waals surface area contributed by atoms with Crippen molar-refractivity contribution in [3.05, 3.63) is 59.7 Å². The molecule has 1 atom stereocenters. The number of para-hydroxylation sites is 1. The Kier molecular flexibility index (Phi) is 5.09. The van der Waals surface area contributed by atoms with Gasteiger partial charge in [-0.2, -0.15) is 0 Å². The van der Waals surface area contributed by atoms with E-state index < -0.39 is 6.04 Å². The van der Waals surface area contributed by atoms with Crippen LogP contribution in [0.4, 0.5) is 11.4 Å². The van der Waals surface area contributed by atoms with Crippen molar-refractivity contribution in [3.8, 4) is 0 Å². The van der Waals surface area contributed by atoms with Gasteiger partial charge in [0.1, 0.15) is 12.6 Å². The molecule has 1 saturated heterocycles. The Balaban J connectivity index is 1.57. The second-order valence-corrected chi connectivity index (χ2v) is 7.92. The van der Waals surface area contributed by atoms with Crippen LogP contribution >= 0.6 is 0 Å². The van der Waals surface area contributed by atoms with Crippen LogP contribution in [0.25, 0.3) is 0 Å². The highest BCUT2D eigenvalue weighted by atomic mass is 16.2. The molecule has 0 saturated carbocycles. The molecule has 0 spiro atoms. The number of hydrogen-bond acceptors (Lipinski definition) is 3. The van der Waals surface area contributed by atoms with Crippen LogP contribution in [-0.4, -0.2) is 41.8 Å². The lowest BCUT2D eigenvalue weighted by Crippen LogP contribution is -2.47. The standard InChI is InChI=1S/C23H25N3O3/c1-15(2)16-9-11-17(12-10-16)24-21(27)14-26-19-7-4-3-6-18(19)22(28)25-13-5-8-20(25)23(26)29/h3-4,6-7,9-12,15,20H,5,8,13-14H2,1-2H3,(H,24,27)/t20-/m0/s1. The molecule has 0 bridgehead atoms. The molecule has 0 radical (unpaired) electrons. The van der Waals surface area contributed by atoms with Gasteiger partial charge in [-0.25, -0.2) is 0 Å². The topological polar surface area (TPSA) is 69.7 Å². The molecule has 6 heteroatoms. The van der Waals surface area contributed by atoms with Gasteiger partial charge in [-0.1, -0.05) is 38.1 Å². The summed E-state index contributed by atoms with van der Waals surface area (Å²) in [7, 11) is 0. The van der Waals surface area contributed by atoms with E-state index in [-0.39, 0.29) is 24.3 Å². The van der Waals surface area contributed by atoms with E-state index in [1.54, 1.807) is 29.2 Å². The molecule has 0 aromatic heterocycles. The lowest BCUT2D eigenvalue weighted by molar-refractivity contribution is -0.124. The zero-order chi connectivity index (χ0) is 20.5. The van der Waals surface area contributed by atoms with Crippen molar-refractivity contribution in [2.75, 3.05) is 23.3 Å². The quantitative estimate of drug-likeness (QED) is 0.868. The van der Waals surface area contributed by atoms with Crippen LogP contribution in [0, 0.1) is 0 Å². The largest absolute Gasteiger partial charge is 0.327 e. The molecule has 2 aromatic rings. The van der Waals surface area contributed by atoms with Gasteiger partial charge in [0.15, 0.2) is 0 Å². The maximum Gasteiger partial charge on any atom is 0.256 e. The van der Waals surface area contributed by atoms with Crippen molar-refractivity contribution in [3.63, 3.8) is 0 Å². The number of amides is 3. The number of carbonyl (C=O) groups excluding carboxylic acids is 3. The Bertz CT molecular complexity index is 952. The van der Waals surface area contributed by atoms with Gasteiger partial charge < -0.3 is 15.1 Å². The molecule has 29 heavy (non-hydrogen) atoms. The third kappa shape index (κ3) is 3.62. The zero-order valence-electron chi connectivity index (χ0n) is 16.7. The van der Waals surface area contributed by atoms with Gasteiger partial charge in [-0.15, -0.1) is 0 Å². The molecule has 2 aliphatic heterocycles. The Morgan fingerprint density at radius 3 is 2.55 bits per heavy atom. The van der Waals surface area contributed by atoms with Crippen molar-refractivity contribution in [1.29, 1.82) is 0 Å². The maximum absolute atomic E-state index is 13.2. The average Bonchev–Trinajstić information content (AvgIpc) is 3.19. The molecule has 0 aliphatic carbocycles. The highest BCUT2D eigenvalue weighted by Gasteiger charge is 2.42. The summed E-state index contributed by atoms with van der Waals surface area (Å²) in [6, 6.07) is 14.2. The minimum absolute atomic E-state index is 0.126. The number of fused-ring (bicyclic) bond motifs is 2. The van der Waals surface area contributed by atoms with Crippen molar-refractivity contribution in [2.24, 2.45) is 0 Å². The number of benzene rings is 2. The van der Waals surface area contributed by atoms with Gasteiger partial charge in [0.05, 0.1) is 11.3 Å². The molecule has 2 aromatic carbocycles. The van der Waals surface area contributed by atoms with Crippen LogP contribution < -0.4 is 10.2 Å². The molecule has 2 aliphatic rings. The summed E-state index contributed by atoms with van der Waals surface area (Å²) in [5.41, 5.74) is 2.86. The lowest BCUT2D eigenvalue weighted by atomic mass is 10.0. The Hall–Kier alpha value is -3.15. The fourth-order valence-corrected chi connectivity index (χ4v) is 4.07. The van der Waals surface area contributed by atoms with E-state index in [4.69, 9.17) is 0 Å². The summed E-state index contributed by atoms with van der Waals surface area (Å²) < 4.78 is 0. The zero-order valence-corrected chi connectivity index (χ0v) is 16.7. The molecular weight excluding hydrogens is 366 g/mol. The van der Waals surface area contributed by atoms with Gasteiger partial charge >= 0.3 is 0 Å². The average molecular weight is 391 g/mol. The first kappa shape index (κ1) is 19.2. The third-order valence-corrected chi connectivity index (χ3v) is 5.65. The highest BCUT2D eigenvalue weighted by molar-refractivity contribution is 6.13. The SMILES string of the molecule is CC(C)c1ccc(NC(=O)CN2C(=O)[C@@H]3CCCN3C(=O)c3ccccc32)cc1. The minimum Gasteiger partial charge on any atom is -0.327 e. The summed E-state index contributed by atoms with van der Waals surface area (Å²) in [4.78, 5) is 42.0. The normalized spacial score (nSPS) is 18.5. The smallest absolute Gasteiger partial charge is 0.256 e. The summed E-state index contributed by atoms with van der Waals surface area (Å²) >= 11 is 0. The van der Waals surface area contributed by atoms with Crippen LogP contribution in [0.2, 0.25) is 0 Å². The molecule has 1 N–H and O–H groups in total. The second kappa shape index (κ2) is 7.70. The predicted octanol–water partition coefficient (Wildman–Crippen LogP) is 3.40. The second-order valence-electron chi connectivity index (χ2n) is 7.92. The molecule has 6 nitrogen and oxygen atoms in total. The highest BCUT2D eigenvalue weighted by Crippen LogP contribution is 2.32. The maximum atomic E-state index is 13.2. The minimum atomic E-state index is -0.493. The summed E-state index contributed by atoms with van der Waals surface area (Å²) in [6.45, 7) is 4.68. The summed E-state index contributed by atoms with van der Waals surface area (Å²) in [6.07, 6.45) is 1.43. The predicted molar refractivity (Wildman–Crippen MR) is 112 cm³/mol. The number of carbonyl (C=O) groups is 3. The van der Waals surface area contributed by atoms with Crippen LogP contribution in [0.3, 0.4) is 0 Å². The monoisotopic (exact) mass is 391 g/mol. The Labute approximate surface area is 170 Å². The molecule has 150 valence electrons. The van der Waals surface area contributed by atoms with Crippen molar-refractivity contribution in [2.45, 2.75) is 38.6 Å². The molecule has 2 heterocycles. The number of rotatable bonds is 4. The summed E-state index contributed by atoms with van der Waals surface area (Å²) in [5, 5.41) is 2.87. The number of anilines is 2. The first-order valence-electron chi connectivity index (χ1n) is 10.1. The van der Waals surface area contributed by atoms with E-state index >= 15 is 0 Å². The Morgan fingerprint density at radius 1 is 1.10 bits per heavy atom. The fourth-order valence-electron chi connectivity index (χ4n) is 4.07. The van der Waals surface area contributed by atoms with Crippen LogP contribution in [0.5, 0.6) is 0 Å². The van der Waals surface area contributed by atoms with E-state index in [0.29, 0.717) is 35.8 Å². The van der Waals surface area contributed by atoms with E-state index in [9.17, 15) is 14.4 Å². The number of hydrogen-bond donors (Lipinski definition) is 1. The molecule has 4 rings (SSSR count). The first-order chi connectivity index (χ1) is 14.0. The van der Waals surface area contributed by atoms with Gasteiger partial charge in [0.2, 0.25) is 11.8 Å². The third-order valence-electron chi connectivity index (χ3n) is 5.65. The van der Waals surface area contributed by atoms with E-state index in [0.717, 1.165) is 6.42 Å². The molecule has 1 fully saturated rings. The lowest BCUT2D eigenvalue weighted by Gasteiger charge is -2.25.